The van der Waals surface area contributed by atoms with Gasteiger partial charge in [-0.25, -0.2) is 0 Å². The molecule has 0 bridgehead atoms. The first-order valence-corrected chi connectivity index (χ1v) is 10.4. The van der Waals surface area contributed by atoms with Crippen molar-refractivity contribution in [3.63, 3.8) is 0 Å². The van der Waals surface area contributed by atoms with Crippen LogP contribution in [-0.2, 0) is 6.54 Å². The van der Waals surface area contributed by atoms with E-state index in [4.69, 9.17) is 4.99 Å². The highest BCUT2D eigenvalue weighted by Gasteiger charge is 2.26. The molecule has 0 aliphatic carbocycles. The van der Waals surface area contributed by atoms with Crippen molar-refractivity contribution in [2.45, 2.75) is 39.5 Å². The number of nitrogens with one attached hydrogen (secondary N) is 2. The van der Waals surface area contributed by atoms with Gasteiger partial charge in [-0.3, -0.25) is 9.67 Å². The number of aromatic nitrogens is 2. The molecule has 172 valence electrons. The van der Waals surface area contributed by atoms with E-state index in [-0.39, 0.29) is 35.8 Å². The Kier molecular flexibility index (Phi) is 10.3. The molecule has 1 fully saturated rings. The first-order chi connectivity index (χ1) is 14.5. The zero-order valence-electron chi connectivity index (χ0n) is 17.9. The monoisotopic (exact) mass is 548 g/mol. The third-order valence-corrected chi connectivity index (χ3v) is 4.91. The average Bonchev–Trinajstić information content (AvgIpc) is 3.38. The minimum absolute atomic E-state index is 0. The van der Waals surface area contributed by atoms with Crippen LogP contribution in [0.4, 0.5) is 14.5 Å². The van der Waals surface area contributed by atoms with Gasteiger partial charge in [-0.1, -0.05) is 19.1 Å². The van der Waals surface area contributed by atoms with Crippen molar-refractivity contribution in [3.8, 4) is 5.75 Å². The van der Waals surface area contributed by atoms with Crippen molar-refractivity contribution in [2.75, 3.05) is 31.1 Å². The summed E-state index contributed by atoms with van der Waals surface area (Å²) >= 11 is 0. The zero-order valence-corrected chi connectivity index (χ0v) is 20.2. The maximum absolute atomic E-state index is 12.7. The maximum Gasteiger partial charge on any atom is 0.387 e. The Hall–Kier alpha value is -2.11. The van der Waals surface area contributed by atoms with Crippen LogP contribution in [-0.4, -0.2) is 54.6 Å². The van der Waals surface area contributed by atoms with E-state index in [9.17, 15) is 8.78 Å². The lowest BCUT2D eigenvalue weighted by Crippen LogP contribution is -2.45. The first kappa shape index (κ1) is 25.2. The van der Waals surface area contributed by atoms with E-state index in [1.807, 2.05) is 36.0 Å². The van der Waals surface area contributed by atoms with E-state index in [1.54, 1.807) is 18.3 Å². The zero-order chi connectivity index (χ0) is 21.3. The Morgan fingerprint density at radius 1 is 1.32 bits per heavy atom. The van der Waals surface area contributed by atoms with Gasteiger partial charge in [0.1, 0.15) is 5.75 Å². The van der Waals surface area contributed by atoms with Gasteiger partial charge in [0.05, 0.1) is 5.69 Å². The fourth-order valence-corrected chi connectivity index (χ4v) is 3.56. The Balaban J connectivity index is 0.00000341. The summed E-state index contributed by atoms with van der Waals surface area (Å²) in [5.41, 5.74) is 0.692. The largest absolute Gasteiger partial charge is 0.433 e. The number of alkyl halides is 2. The number of para-hydroxylation sites is 2. The van der Waals surface area contributed by atoms with Crippen molar-refractivity contribution in [3.05, 3.63) is 42.7 Å². The molecule has 31 heavy (non-hydrogen) atoms. The lowest BCUT2D eigenvalue weighted by atomic mass is 10.2. The molecule has 1 saturated heterocycles. The molecule has 10 heteroatoms. The van der Waals surface area contributed by atoms with Crippen LogP contribution < -0.4 is 20.3 Å². The third kappa shape index (κ3) is 7.82. The third-order valence-electron chi connectivity index (χ3n) is 4.91. The van der Waals surface area contributed by atoms with Crippen LogP contribution in [0.1, 0.15) is 20.3 Å². The maximum atomic E-state index is 12.7. The minimum atomic E-state index is -2.83. The highest BCUT2D eigenvalue weighted by Crippen LogP contribution is 2.31. The van der Waals surface area contributed by atoms with Crippen LogP contribution in [0.15, 0.2) is 47.7 Å². The van der Waals surface area contributed by atoms with Crippen LogP contribution in [0.25, 0.3) is 0 Å². The molecule has 1 aliphatic rings. The van der Waals surface area contributed by atoms with E-state index < -0.39 is 6.61 Å². The van der Waals surface area contributed by atoms with Crippen molar-refractivity contribution < 1.29 is 13.5 Å². The second-order valence-electron chi connectivity index (χ2n) is 7.48. The lowest BCUT2D eigenvalue weighted by Gasteiger charge is -2.22. The number of anilines is 1. The number of hydrogen-bond acceptors (Lipinski definition) is 4. The van der Waals surface area contributed by atoms with Gasteiger partial charge in [-0.05, 0) is 37.5 Å². The van der Waals surface area contributed by atoms with Crippen LogP contribution in [0.5, 0.6) is 5.75 Å². The molecule has 0 saturated carbocycles. The van der Waals surface area contributed by atoms with Gasteiger partial charge in [0.2, 0.25) is 0 Å². The van der Waals surface area contributed by atoms with E-state index >= 15 is 0 Å². The Morgan fingerprint density at radius 2 is 2.13 bits per heavy atom. The Morgan fingerprint density at radius 3 is 2.84 bits per heavy atom. The average molecular weight is 548 g/mol. The summed E-state index contributed by atoms with van der Waals surface area (Å²) in [7, 11) is 0. The number of hydrogen-bond donors (Lipinski definition) is 2. The number of nitrogens with zero attached hydrogens (tertiary/aromatic N) is 4. The van der Waals surface area contributed by atoms with Crippen molar-refractivity contribution in [2.24, 2.45) is 10.9 Å². The van der Waals surface area contributed by atoms with Gasteiger partial charge < -0.3 is 20.3 Å². The second kappa shape index (κ2) is 12.7. The summed E-state index contributed by atoms with van der Waals surface area (Å²) in [6.45, 7) is 5.05. The molecular weight excluding hydrogens is 517 g/mol. The Labute approximate surface area is 199 Å². The predicted octanol–water partition coefficient (Wildman–Crippen LogP) is 3.57. The van der Waals surface area contributed by atoms with Crippen LogP contribution in [0.2, 0.25) is 0 Å². The van der Waals surface area contributed by atoms with Crippen LogP contribution in [0, 0.1) is 5.92 Å². The summed E-state index contributed by atoms with van der Waals surface area (Å²) in [6, 6.07) is 9.01. The van der Waals surface area contributed by atoms with Crippen molar-refractivity contribution >= 4 is 35.6 Å². The topological polar surface area (TPSA) is 66.7 Å². The predicted molar refractivity (Wildman–Crippen MR) is 130 cm³/mol. The molecule has 0 spiro atoms. The normalized spacial score (nSPS) is 17.4. The standard InChI is InChI=1S/C21H30F2N6O.HI/c1-3-24-21(25-13-16(2)14-29-11-6-10-26-29)27-17-9-12-28(15-17)18-7-4-5-8-19(18)30-20(22)23;/h4-8,10-11,16-17,20H,3,9,12-15H2,1-2H3,(H2,24,25,27);1H. The van der Waals surface area contributed by atoms with Gasteiger partial charge in [0.25, 0.3) is 0 Å². The van der Waals surface area contributed by atoms with Crippen LogP contribution in [0.3, 0.4) is 0 Å². The van der Waals surface area contributed by atoms with E-state index in [1.165, 1.54) is 0 Å². The number of guanidine groups is 1. The van der Waals surface area contributed by atoms with Gasteiger partial charge >= 0.3 is 6.61 Å². The quantitative estimate of drug-likeness (QED) is 0.285. The molecule has 2 unspecified atom stereocenters. The van der Waals surface area contributed by atoms with E-state index in [2.05, 4.69) is 32.3 Å². The smallest absolute Gasteiger partial charge is 0.387 e. The molecule has 2 aromatic rings. The molecule has 2 heterocycles. The minimum Gasteiger partial charge on any atom is -0.433 e. The number of ether oxygens (including phenoxy) is 1. The summed E-state index contributed by atoms with van der Waals surface area (Å²) in [4.78, 5) is 6.79. The fraction of sp³-hybridized carbons (Fsp3) is 0.524. The molecule has 0 amide bonds. The van der Waals surface area contributed by atoms with Gasteiger partial charge in [0, 0.05) is 51.2 Å². The fourth-order valence-electron chi connectivity index (χ4n) is 3.56. The molecule has 2 N–H and O–H groups in total. The van der Waals surface area contributed by atoms with Gasteiger partial charge in [-0.15, -0.1) is 24.0 Å². The molecule has 7 nitrogen and oxygen atoms in total. The SMILES string of the molecule is CCNC(=NCC(C)Cn1cccn1)NC1CCN(c2ccccc2OC(F)F)C1.I. The van der Waals surface area contributed by atoms with Gasteiger partial charge in [-0.2, -0.15) is 13.9 Å². The number of halogens is 3. The summed E-state index contributed by atoms with van der Waals surface area (Å²) in [5, 5.41) is 11.0. The molecular formula is C21H31F2IN6O. The lowest BCUT2D eigenvalue weighted by molar-refractivity contribution is -0.0495. The Bertz CT molecular complexity index is 805. The second-order valence-corrected chi connectivity index (χ2v) is 7.48. The molecule has 0 radical (unpaired) electrons. The van der Waals surface area contributed by atoms with Crippen LogP contribution >= 0.6 is 24.0 Å². The number of aliphatic imine (C=N–C) groups is 1. The molecule has 1 aromatic heterocycles. The molecule has 2 atom stereocenters. The summed E-state index contributed by atoms with van der Waals surface area (Å²) in [5.74, 6) is 1.33. The first-order valence-electron chi connectivity index (χ1n) is 10.4. The highest BCUT2D eigenvalue weighted by molar-refractivity contribution is 14.0. The van der Waals surface area contributed by atoms with Crippen molar-refractivity contribution in [1.82, 2.24) is 20.4 Å². The van der Waals surface area contributed by atoms with E-state index in [0.29, 0.717) is 24.7 Å². The van der Waals surface area contributed by atoms with Crippen molar-refractivity contribution in [1.29, 1.82) is 0 Å². The van der Waals surface area contributed by atoms with Gasteiger partial charge in [0.15, 0.2) is 5.96 Å². The number of rotatable bonds is 9. The molecule has 1 aromatic carbocycles. The van der Waals surface area contributed by atoms with E-state index in [0.717, 1.165) is 32.0 Å². The summed E-state index contributed by atoms with van der Waals surface area (Å²) in [6.07, 6.45) is 4.61. The molecule has 1 aliphatic heterocycles. The highest BCUT2D eigenvalue weighted by atomic mass is 127. The molecule has 3 rings (SSSR count). The number of benzene rings is 1. The summed E-state index contributed by atoms with van der Waals surface area (Å²) < 4.78 is 32.0.